The van der Waals surface area contributed by atoms with Gasteiger partial charge in [-0.05, 0) is 56.6 Å². The lowest BCUT2D eigenvalue weighted by Gasteiger charge is -2.26. The summed E-state index contributed by atoms with van der Waals surface area (Å²) in [6, 6.07) is 4.31. The number of fused-ring (bicyclic) bond motifs is 1. The van der Waals surface area contributed by atoms with Crippen molar-refractivity contribution in [1.29, 1.82) is 0 Å². The lowest BCUT2D eigenvalue weighted by molar-refractivity contribution is 0.222. The number of hydrogen-bond acceptors (Lipinski definition) is 5. The maximum absolute atomic E-state index is 12.3. The molecular formula is C20H30N6O2S. The summed E-state index contributed by atoms with van der Waals surface area (Å²) in [7, 11) is 0. The van der Waals surface area contributed by atoms with E-state index < -0.39 is 0 Å². The predicted molar refractivity (Wildman–Crippen MR) is 113 cm³/mol. The van der Waals surface area contributed by atoms with Crippen LogP contribution in [0.4, 0.5) is 4.79 Å². The fourth-order valence-electron chi connectivity index (χ4n) is 4.22. The number of carbonyl (C=O) groups excluding carboxylic acids is 1. The number of thiophene rings is 1. The summed E-state index contributed by atoms with van der Waals surface area (Å²) in [6.45, 7) is 4.62. The zero-order valence-corrected chi connectivity index (χ0v) is 17.6. The van der Waals surface area contributed by atoms with Gasteiger partial charge in [-0.1, -0.05) is 6.07 Å². The molecular weight excluding hydrogens is 388 g/mol. The van der Waals surface area contributed by atoms with Crippen molar-refractivity contribution in [2.24, 2.45) is 0 Å². The molecule has 2 aromatic rings. The zero-order chi connectivity index (χ0) is 20.1. The van der Waals surface area contributed by atoms with Crippen LogP contribution in [0, 0.1) is 0 Å². The van der Waals surface area contributed by atoms with E-state index in [9.17, 15) is 9.59 Å². The molecule has 0 aliphatic carbocycles. The highest BCUT2D eigenvalue weighted by molar-refractivity contribution is 7.10. The Bertz CT molecular complexity index is 853. The van der Waals surface area contributed by atoms with Crippen LogP contribution in [0.1, 0.15) is 48.8 Å². The summed E-state index contributed by atoms with van der Waals surface area (Å²) in [5.41, 5.74) is -0.0199. The fraction of sp³-hybridized carbons (Fsp3) is 0.650. The van der Waals surface area contributed by atoms with E-state index in [2.05, 4.69) is 38.1 Å². The quantitative estimate of drug-likeness (QED) is 0.642. The molecule has 0 bridgehead atoms. The highest BCUT2D eigenvalue weighted by Gasteiger charge is 2.24. The molecule has 158 valence electrons. The molecule has 4 rings (SSSR count). The molecule has 2 aliphatic heterocycles. The molecule has 0 aromatic carbocycles. The molecule has 8 nitrogen and oxygen atoms in total. The van der Waals surface area contributed by atoms with Crippen molar-refractivity contribution in [1.82, 2.24) is 29.9 Å². The zero-order valence-electron chi connectivity index (χ0n) is 16.8. The number of hydrogen-bond donors (Lipinski definition) is 2. The fourth-order valence-corrected chi connectivity index (χ4v) is 5.08. The Kier molecular flexibility index (Phi) is 6.66. The number of rotatable bonds is 8. The second kappa shape index (κ2) is 9.58. The maximum atomic E-state index is 12.3. The summed E-state index contributed by atoms with van der Waals surface area (Å²) >= 11 is 1.75. The van der Waals surface area contributed by atoms with Crippen LogP contribution in [0.2, 0.25) is 0 Å². The molecule has 2 aliphatic rings. The van der Waals surface area contributed by atoms with E-state index in [1.165, 1.54) is 17.7 Å². The summed E-state index contributed by atoms with van der Waals surface area (Å²) < 4.78 is 3.33. The van der Waals surface area contributed by atoms with Crippen molar-refractivity contribution in [3.8, 4) is 0 Å². The standard InChI is InChI=1S/C20H30N6O2S/c27-19(22-15-16(17-7-5-14-29-17)24-10-3-4-11-24)21-9-6-13-26-20(28)25-12-2-1-8-18(25)23-26/h5,7,14,16H,1-4,6,8-13,15H2,(H2,21,22,27). The highest BCUT2D eigenvalue weighted by atomic mass is 32.1. The van der Waals surface area contributed by atoms with Gasteiger partial charge in [0.2, 0.25) is 0 Å². The van der Waals surface area contributed by atoms with Gasteiger partial charge in [-0.3, -0.25) is 9.47 Å². The van der Waals surface area contributed by atoms with Crippen LogP contribution in [0.5, 0.6) is 0 Å². The van der Waals surface area contributed by atoms with Crippen molar-refractivity contribution < 1.29 is 4.79 Å². The van der Waals surface area contributed by atoms with Crippen LogP contribution >= 0.6 is 11.3 Å². The van der Waals surface area contributed by atoms with Crippen LogP contribution in [0.25, 0.3) is 0 Å². The Balaban J connectivity index is 1.21. The Labute approximate surface area is 174 Å². The van der Waals surface area contributed by atoms with E-state index in [0.29, 0.717) is 26.1 Å². The van der Waals surface area contributed by atoms with E-state index in [4.69, 9.17) is 0 Å². The third-order valence-electron chi connectivity index (χ3n) is 5.77. The van der Waals surface area contributed by atoms with Crippen LogP contribution < -0.4 is 16.3 Å². The molecule has 2 aromatic heterocycles. The average molecular weight is 419 g/mol. The first kappa shape index (κ1) is 20.2. The minimum atomic E-state index is -0.151. The lowest BCUT2D eigenvalue weighted by Crippen LogP contribution is -2.41. The van der Waals surface area contributed by atoms with E-state index in [-0.39, 0.29) is 17.8 Å². The van der Waals surface area contributed by atoms with Gasteiger partial charge in [-0.15, -0.1) is 11.3 Å². The van der Waals surface area contributed by atoms with Gasteiger partial charge in [-0.25, -0.2) is 14.3 Å². The maximum Gasteiger partial charge on any atom is 0.345 e. The molecule has 4 heterocycles. The third kappa shape index (κ3) is 4.90. The summed E-state index contributed by atoms with van der Waals surface area (Å²) in [4.78, 5) is 28.3. The molecule has 2 N–H and O–H groups in total. The number of nitrogens with zero attached hydrogens (tertiary/aromatic N) is 4. The second-order valence-electron chi connectivity index (χ2n) is 7.80. The van der Waals surface area contributed by atoms with Gasteiger partial charge >= 0.3 is 11.7 Å². The van der Waals surface area contributed by atoms with Crippen molar-refractivity contribution in [3.05, 3.63) is 38.7 Å². The van der Waals surface area contributed by atoms with Crippen molar-refractivity contribution in [2.45, 2.75) is 57.7 Å². The minimum Gasteiger partial charge on any atom is -0.338 e. The van der Waals surface area contributed by atoms with Crippen LogP contribution in [-0.2, 0) is 19.5 Å². The molecule has 1 saturated heterocycles. The number of nitrogens with one attached hydrogen (secondary N) is 2. The monoisotopic (exact) mass is 418 g/mol. The van der Waals surface area contributed by atoms with Gasteiger partial charge in [0.15, 0.2) is 0 Å². The first-order chi connectivity index (χ1) is 14.2. The normalized spacial score (nSPS) is 17.8. The Morgan fingerprint density at radius 2 is 2.00 bits per heavy atom. The van der Waals surface area contributed by atoms with Gasteiger partial charge < -0.3 is 10.6 Å². The number of amides is 2. The first-order valence-electron chi connectivity index (χ1n) is 10.7. The summed E-state index contributed by atoms with van der Waals surface area (Å²) in [6.07, 6.45) is 6.16. The number of aromatic nitrogens is 3. The molecule has 0 radical (unpaired) electrons. The first-order valence-corrected chi connectivity index (χ1v) is 11.6. The largest absolute Gasteiger partial charge is 0.345 e. The second-order valence-corrected chi connectivity index (χ2v) is 8.77. The summed E-state index contributed by atoms with van der Waals surface area (Å²) in [5.74, 6) is 0.897. The lowest BCUT2D eigenvalue weighted by atomic mass is 10.2. The molecule has 1 atom stereocenters. The smallest absolute Gasteiger partial charge is 0.338 e. The average Bonchev–Trinajstić information content (AvgIpc) is 3.49. The Hall–Kier alpha value is -2.13. The Morgan fingerprint density at radius 1 is 1.17 bits per heavy atom. The molecule has 0 saturated carbocycles. The number of aryl methyl sites for hydroxylation is 2. The Morgan fingerprint density at radius 3 is 2.76 bits per heavy atom. The number of urea groups is 1. The van der Waals surface area contributed by atoms with Gasteiger partial charge in [0.25, 0.3) is 0 Å². The summed E-state index contributed by atoms with van der Waals surface area (Å²) in [5, 5.41) is 12.5. The predicted octanol–water partition coefficient (Wildman–Crippen LogP) is 1.97. The minimum absolute atomic E-state index is 0.0199. The highest BCUT2D eigenvalue weighted by Crippen LogP contribution is 2.27. The SMILES string of the molecule is O=C(NCCCn1nc2n(c1=O)CCCC2)NCC(c1cccs1)N1CCCC1. The molecule has 1 fully saturated rings. The van der Waals surface area contributed by atoms with Crippen molar-refractivity contribution in [2.75, 3.05) is 26.2 Å². The number of carbonyl (C=O) groups is 1. The molecule has 29 heavy (non-hydrogen) atoms. The van der Waals surface area contributed by atoms with E-state index in [0.717, 1.165) is 44.7 Å². The third-order valence-corrected chi connectivity index (χ3v) is 6.75. The molecule has 1 unspecified atom stereocenters. The molecule has 0 spiro atoms. The van der Waals surface area contributed by atoms with Crippen LogP contribution in [-0.4, -0.2) is 51.5 Å². The van der Waals surface area contributed by atoms with Gasteiger partial charge in [-0.2, -0.15) is 5.10 Å². The van der Waals surface area contributed by atoms with E-state index in [1.54, 1.807) is 20.6 Å². The van der Waals surface area contributed by atoms with Crippen molar-refractivity contribution in [3.63, 3.8) is 0 Å². The molecule has 2 amide bonds. The van der Waals surface area contributed by atoms with E-state index >= 15 is 0 Å². The van der Waals surface area contributed by atoms with Crippen LogP contribution in [0.3, 0.4) is 0 Å². The van der Waals surface area contributed by atoms with Crippen molar-refractivity contribution >= 4 is 17.4 Å². The van der Waals surface area contributed by atoms with Gasteiger partial charge in [0, 0.05) is 37.5 Å². The van der Waals surface area contributed by atoms with Crippen LogP contribution in [0.15, 0.2) is 22.3 Å². The van der Waals surface area contributed by atoms with Gasteiger partial charge in [0.05, 0.1) is 6.04 Å². The molecule has 9 heteroatoms. The van der Waals surface area contributed by atoms with E-state index in [1.807, 2.05) is 0 Å². The van der Waals surface area contributed by atoms with Gasteiger partial charge in [0.1, 0.15) is 5.82 Å². The topological polar surface area (TPSA) is 84.2 Å². The number of likely N-dealkylation sites (tertiary alicyclic amines) is 1.